The maximum Gasteiger partial charge on any atom is 0.417 e. The predicted octanol–water partition coefficient (Wildman–Crippen LogP) is 5.93. The summed E-state index contributed by atoms with van der Waals surface area (Å²) < 4.78 is 19.3. The lowest BCUT2D eigenvalue weighted by Gasteiger charge is -2.46. The minimum absolute atomic E-state index is 0.0227. The van der Waals surface area contributed by atoms with E-state index in [1.165, 1.54) is 4.90 Å². The van der Waals surface area contributed by atoms with Crippen molar-refractivity contribution in [3.05, 3.63) is 0 Å². The number of piperidine rings is 1. The number of carbonyl (C=O) groups excluding carboxylic acids is 2. The maximum atomic E-state index is 13.3. The van der Waals surface area contributed by atoms with Crippen molar-refractivity contribution in [1.82, 2.24) is 4.90 Å². The Bertz CT molecular complexity index is 670. The van der Waals surface area contributed by atoms with Crippen LogP contribution in [0, 0.1) is 5.92 Å². The molecule has 1 heterocycles. The van der Waals surface area contributed by atoms with Gasteiger partial charge in [-0.25, -0.2) is 9.69 Å². The van der Waals surface area contributed by atoms with Gasteiger partial charge in [-0.2, -0.15) is 0 Å². The number of likely N-dealkylation sites (tertiary alicyclic amines) is 1. The minimum atomic E-state index is -2.14. The molecule has 1 saturated heterocycles. The van der Waals surface area contributed by atoms with Crippen molar-refractivity contribution in [2.75, 3.05) is 0 Å². The number of nitrogens with zero attached hydrogens (tertiary/aromatic N) is 1. The SMILES string of the molecule is CC[Si](CC)(CC)O[C@@H]1[C@@H](O[Si](C)(C)C(C)(C)C)[C@H]2C[C@@H]1C(=O)N2C(=O)OC(C)(C)C. The molecule has 2 aliphatic rings. The molecule has 0 aromatic heterocycles. The summed E-state index contributed by atoms with van der Waals surface area (Å²) in [6.07, 6.45) is -0.509. The van der Waals surface area contributed by atoms with Crippen molar-refractivity contribution < 1.29 is 23.2 Å². The van der Waals surface area contributed by atoms with Gasteiger partial charge in [0.1, 0.15) is 5.60 Å². The molecule has 1 saturated carbocycles. The van der Waals surface area contributed by atoms with Gasteiger partial charge < -0.3 is 13.6 Å². The van der Waals surface area contributed by atoms with E-state index in [1.807, 2.05) is 20.8 Å². The fraction of sp³-hybridized carbons (Fsp3) is 0.913. The van der Waals surface area contributed by atoms with Crippen LogP contribution >= 0.6 is 0 Å². The average Bonchev–Trinajstić information content (AvgIpc) is 3.12. The summed E-state index contributed by atoms with van der Waals surface area (Å²) in [6.45, 7) is 23.1. The van der Waals surface area contributed by atoms with Crippen LogP contribution in [0.4, 0.5) is 4.79 Å². The van der Waals surface area contributed by atoms with Crippen molar-refractivity contribution >= 4 is 28.6 Å². The highest BCUT2D eigenvalue weighted by molar-refractivity contribution is 6.74. The number of hydrogen-bond donors (Lipinski definition) is 0. The highest BCUT2D eigenvalue weighted by Gasteiger charge is 2.63. The topological polar surface area (TPSA) is 65.1 Å². The van der Waals surface area contributed by atoms with E-state index in [2.05, 4.69) is 54.6 Å². The summed E-state index contributed by atoms with van der Waals surface area (Å²) >= 11 is 0. The Morgan fingerprint density at radius 3 is 1.90 bits per heavy atom. The van der Waals surface area contributed by atoms with Gasteiger partial charge in [-0.3, -0.25) is 4.79 Å². The van der Waals surface area contributed by atoms with Gasteiger partial charge in [-0.05, 0) is 63.5 Å². The second-order valence-electron chi connectivity index (χ2n) is 11.8. The molecule has 2 bridgehead atoms. The zero-order valence-electron chi connectivity index (χ0n) is 21.6. The van der Waals surface area contributed by atoms with E-state index in [0.717, 1.165) is 18.1 Å². The first-order valence-electron chi connectivity index (χ1n) is 11.9. The molecule has 0 aromatic rings. The van der Waals surface area contributed by atoms with Crippen LogP contribution in [0.5, 0.6) is 0 Å². The molecule has 0 unspecified atom stereocenters. The van der Waals surface area contributed by atoms with Gasteiger partial charge in [0, 0.05) is 0 Å². The molecule has 1 aliphatic carbocycles. The van der Waals surface area contributed by atoms with E-state index in [-0.39, 0.29) is 35.1 Å². The number of rotatable bonds is 7. The van der Waals surface area contributed by atoms with Crippen molar-refractivity contribution in [1.29, 1.82) is 0 Å². The second kappa shape index (κ2) is 8.91. The standard InChI is InChI=1S/C23H45NO5Si2/c1-12-31(13-2,14-3)29-18-16-15-17(19(18)28-30(10,11)23(7,8)9)24(20(16)25)21(26)27-22(4,5)6/h16-19H,12-15H2,1-11H3/t16-,17+,18-,19-/m0/s1. The van der Waals surface area contributed by atoms with Crippen LogP contribution < -0.4 is 0 Å². The molecule has 0 spiro atoms. The van der Waals surface area contributed by atoms with Crippen LogP contribution in [0.15, 0.2) is 0 Å². The first-order chi connectivity index (χ1) is 14.0. The Kier molecular flexibility index (Phi) is 7.63. The molecule has 0 aromatic carbocycles. The Hall–Kier alpha value is -0.706. The van der Waals surface area contributed by atoms with E-state index in [0.29, 0.717) is 6.42 Å². The summed E-state index contributed by atoms with van der Waals surface area (Å²) in [5.41, 5.74) is -0.653. The van der Waals surface area contributed by atoms with Crippen LogP contribution in [-0.4, -0.2) is 57.4 Å². The van der Waals surface area contributed by atoms with Gasteiger partial charge in [0.15, 0.2) is 16.6 Å². The van der Waals surface area contributed by atoms with Gasteiger partial charge in [0.2, 0.25) is 5.91 Å². The molecule has 0 radical (unpaired) electrons. The fourth-order valence-electron chi connectivity index (χ4n) is 4.45. The van der Waals surface area contributed by atoms with Gasteiger partial charge in [-0.1, -0.05) is 41.5 Å². The first-order valence-corrected chi connectivity index (χ1v) is 17.4. The third-order valence-corrected chi connectivity index (χ3v) is 16.7. The fourth-order valence-corrected chi connectivity index (χ4v) is 8.65. The van der Waals surface area contributed by atoms with E-state index in [9.17, 15) is 9.59 Å². The van der Waals surface area contributed by atoms with Gasteiger partial charge in [0.05, 0.1) is 24.2 Å². The maximum absolute atomic E-state index is 13.3. The lowest BCUT2D eigenvalue weighted by Crippen LogP contribution is -2.61. The van der Waals surface area contributed by atoms with Crippen LogP contribution in [0.1, 0.15) is 68.7 Å². The zero-order chi connectivity index (χ0) is 24.0. The molecule has 2 rings (SSSR count). The Balaban J connectivity index is 2.41. The quantitative estimate of drug-likeness (QED) is 0.430. The molecule has 2 fully saturated rings. The third kappa shape index (κ3) is 5.28. The van der Waals surface area contributed by atoms with Crippen molar-refractivity contribution in [3.63, 3.8) is 0 Å². The van der Waals surface area contributed by atoms with Crippen molar-refractivity contribution in [2.45, 2.75) is 129 Å². The summed E-state index contributed by atoms with van der Waals surface area (Å²) in [6, 6.07) is 2.74. The number of imide groups is 1. The van der Waals surface area contributed by atoms with Crippen LogP contribution in [0.3, 0.4) is 0 Å². The van der Waals surface area contributed by atoms with Crippen molar-refractivity contribution in [3.8, 4) is 0 Å². The number of amides is 2. The third-order valence-electron chi connectivity index (χ3n) is 7.63. The second-order valence-corrected chi connectivity index (χ2v) is 21.2. The molecule has 6 nitrogen and oxygen atoms in total. The summed E-state index contributed by atoms with van der Waals surface area (Å²) in [4.78, 5) is 27.6. The molecule has 180 valence electrons. The van der Waals surface area contributed by atoms with E-state index in [4.69, 9.17) is 13.6 Å². The molecule has 0 N–H and O–H groups in total. The largest absolute Gasteiger partial charge is 0.443 e. The normalized spacial score (nSPS) is 27.2. The van der Waals surface area contributed by atoms with E-state index in [1.54, 1.807) is 0 Å². The monoisotopic (exact) mass is 471 g/mol. The highest BCUT2D eigenvalue weighted by atomic mass is 28.4. The Labute approximate surface area is 191 Å². The molecular formula is C23H45NO5Si2. The van der Waals surface area contributed by atoms with Crippen LogP contribution in [0.25, 0.3) is 0 Å². The van der Waals surface area contributed by atoms with Crippen molar-refractivity contribution in [2.24, 2.45) is 5.92 Å². The zero-order valence-corrected chi connectivity index (χ0v) is 23.6. The highest BCUT2D eigenvalue weighted by Crippen LogP contribution is 2.48. The summed E-state index contributed by atoms with van der Waals surface area (Å²) in [5.74, 6) is -0.491. The molecule has 1 aliphatic heterocycles. The van der Waals surface area contributed by atoms with Gasteiger partial charge in [0.25, 0.3) is 0 Å². The Morgan fingerprint density at radius 1 is 0.968 bits per heavy atom. The number of hydrogen-bond acceptors (Lipinski definition) is 5. The predicted molar refractivity (Wildman–Crippen MR) is 129 cm³/mol. The van der Waals surface area contributed by atoms with Crippen LogP contribution in [-0.2, 0) is 18.4 Å². The molecule has 4 atom stereocenters. The smallest absolute Gasteiger partial charge is 0.417 e. The molecule has 2 amide bonds. The lowest BCUT2D eigenvalue weighted by atomic mass is 10.0. The van der Waals surface area contributed by atoms with E-state index >= 15 is 0 Å². The lowest BCUT2D eigenvalue weighted by molar-refractivity contribution is -0.142. The van der Waals surface area contributed by atoms with Gasteiger partial charge in [-0.15, -0.1) is 0 Å². The number of ether oxygens (including phenoxy) is 1. The summed E-state index contributed by atoms with van der Waals surface area (Å²) in [5, 5.41) is 0.0227. The van der Waals surface area contributed by atoms with Crippen LogP contribution in [0.2, 0.25) is 36.3 Å². The minimum Gasteiger partial charge on any atom is -0.443 e. The number of fused-ring (bicyclic) bond motifs is 2. The van der Waals surface area contributed by atoms with Gasteiger partial charge >= 0.3 is 6.09 Å². The first kappa shape index (κ1) is 26.5. The number of carbonyl (C=O) groups is 2. The molecular weight excluding hydrogens is 426 g/mol. The molecule has 8 heteroatoms. The van der Waals surface area contributed by atoms with E-state index < -0.39 is 28.3 Å². The average molecular weight is 472 g/mol. The molecule has 31 heavy (non-hydrogen) atoms. The summed E-state index contributed by atoms with van der Waals surface area (Å²) in [7, 11) is -4.09. The Morgan fingerprint density at radius 2 is 1.48 bits per heavy atom.